The van der Waals surface area contributed by atoms with Crippen molar-refractivity contribution in [3.8, 4) is 5.75 Å². The molecule has 0 aliphatic carbocycles. The van der Waals surface area contributed by atoms with Gasteiger partial charge in [0.1, 0.15) is 11.4 Å². The largest absolute Gasteiger partial charge is 0.497 e. The van der Waals surface area contributed by atoms with Crippen LogP contribution in [0.1, 0.15) is 23.0 Å². The van der Waals surface area contributed by atoms with E-state index >= 15 is 0 Å². The molecule has 5 rings (SSSR count). The SMILES string of the molecule is COc1ccc2c(Sc3ccccc3)c(C(=O)N3CCN(c4cccc(C)c4)[C@H](C)C3)[nH]c2c1. The smallest absolute Gasteiger partial charge is 0.271 e. The van der Waals surface area contributed by atoms with Crippen molar-refractivity contribution in [3.63, 3.8) is 0 Å². The molecule has 34 heavy (non-hydrogen) atoms. The van der Waals surface area contributed by atoms with Gasteiger partial charge in [-0.2, -0.15) is 0 Å². The van der Waals surface area contributed by atoms with E-state index in [0.717, 1.165) is 33.0 Å². The fourth-order valence-electron chi connectivity index (χ4n) is 4.63. The van der Waals surface area contributed by atoms with Gasteiger partial charge in [0.05, 0.1) is 17.5 Å². The second-order valence-electron chi connectivity index (χ2n) is 8.79. The Hall–Kier alpha value is -3.38. The highest BCUT2D eigenvalue weighted by Crippen LogP contribution is 2.38. The number of methoxy groups -OCH3 is 1. The second-order valence-corrected chi connectivity index (χ2v) is 9.87. The number of nitrogens with zero attached hydrogens (tertiary/aromatic N) is 2. The summed E-state index contributed by atoms with van der Waals surface area (Å²) in [4.78, 5) is 23.7. The monoisotopic (exact) mass is 471 g/mol. The van der Waals surface area contributed by atoms with Crippen molar-refractivity contribution in [2.45, 2.75) is 29.7 Å². The van der Waals surface area contributed by atoms with Gasteiger partial charge in [-0.05, 0) is 55.8 Å². The van der Waals surface area contributed by atoms with E-state index in [2.05, 4.69) is 60.1 Å². The van der Waals surface area contributed by atoms with Crippen LogP contribution in [0.25, 0.3) is 10.9 Å². The summed E-state index contributed by atoms with van der Waals surface area (Å²) in [6.45, 7) is 6.49. The number of anilines is 1. The molecule has 4 aromatic rings. The van der Waals surface area contributed by atoms with Crippen LogP contribution in [0.5, 0.6) is 5.75 Å². The number of carbonyl (C=O) groups excluding carboxylic acids is 1. The van der Waals surface area contributed by atoms with Gasteiger partial charge in [-0.25, -0.2) is 0 Å². The lowest BCUT2D eigenvalue weighted by molar-refractivity contribution is 0.0718. The number of nitrogens with one attached hydrogen (secondary N) is 1. The number of piperazine rings is 1. The molecule has 1 aromatic heterocycles. The second kappa shape index (κ2) is 9.47. The lowest BCUT2D eigenvalue weighted by atomic mass is 10.1. The number of rotatable bonds is 5. The molecule has 6 heteroatoms. The minimum absolute atomic E-state index is 0.0457. The Morgan fingerprint density at radius 2 is 1.85 bits per heavy atom. The third kappa shape index (κ3) is 4.38. The van der Waals surface area contributed by atoms with E-state index in [1.54, 1.807) is 18.9 Å². The number of amides is 1. The van der Waals surface area contributed by atoms with Crippen LogP contribution in [0.4, 0.5) is 5.69 Å². The molecule has 5 nitrogen and oxygen atoms in total. The number of aromatic nitrogens is 1. The number of benzene rings is 3. The molecule has 3 aromatic carbocycles. The molecule has 0 spiro atoms. The highest BCUT2D eigenvalue weighted by Gasteiger charge is 2.30. The van der Waals surface area contributed by atoms with Crippen molar-refractivity contribution in [3.05, 3.63) is 84.1 Å². The Balaban J connectivity index is 1.45. The molecule has 1 N–H and O–H groups in total. The molecule has 1 fully saturated rings. The first-order chi connectivity index (χ1) is 16.5. The Kier molecular flexibility index (Phi) is 6.24. The summed E-state index contributed by atoms with van der Waals surface area (Å²) >= 11 is 1.63. The molecule has 1 aliphatic rings. The van der Waals surface area contributed by atoms with Gasteiger partial charge in [-0.1, -0.05) is 42.1 Å². The van der Waals surface area contributed by atoms with Crippen LogP contribution < -0.4 is 9.64 Å². The molecular formula is C28H29N3O2S. The molecule has 2 heterocycles. The van der Waals surface area contributed by atoms with E-state index < -0.39 is 0 Å². The van der Waals surface area contributed by atoms with Crippen molar-refractivity contribution < 1.29 is 9.53 Å². The van der Waals surface area contributed by atoms with Gasteiger partial charge in [0.2, 0.25) is 0 Å². The van der Waals surface area contributed by atoms with Crippen LogP contribution >= 0.6 is 11.8 Å². The molecule has 0 unspecified atom stereocenters. The zero-order chi connectivity index (χ0) is 23.7. The average molecular weight is 472 g/mol. The summed E-state index contributed by atoms with van der Waals surface area (Å²) in [6, 6.07) is 24.9. The summed E-state index contributed by atoms with van der Waals surface area (Å²) in [5.41, 5.74) is 4.03. The number of H-pyrrole nitrogens is 1. The Labute approximate surface area is 204 Å². The van der Waals surface area contributed by atoms with E-state index in [0.29, 0.717) is 18.8 Å². The number of aromatic amines is 1. The molecule has 174 valence electrons. The van der Waals surface area contributed by atoms with Gasteiger partial charge in [0, 0.05) is 47.7 Å². The van der Waals surface area contributed by atoms with Gasteiger partial charge in [0.25, 0.3) is 5.91 Å². The topological polar surface area (TPSA) is 48.6 Å². The van der Waals surface area contributed by atoms with Gasteiger partial charge >= 0.3 is 0 Å². The van der Waals surface area contributed by atoms with Crippen molar-refractivity contribution >= 4 is 34.3 Å². The molecule has 0 radical (unpaired) electrons. The first-order valence-corrected chi connectivity index (χ1v) is 12.4. The fraction of sp³-hybridized carbons (Fsp3) is 0.250. The van der Waals surface area contributed by atoms with E-state index in [9.17, 15) is 4.79 Å². The number of carbonyl (C=O) groups is 1. The number of hydrogen-bond donors (Lipinski definition) is 1. The first kappa shape index (κ1) is 22.4. The van der Waals surface area contributed by atoms with E-state index in [4.69, 9.17) is 4.74 Å². The molecule has 0 saturated carbocycles. The van der Waals surface area contributed by atoms with Crippen LogP contribution in [0.3, 0.4) is 0 Å². The van der Waals surface area contributed by atoms with Crippen molar-refractivity contribution in [2.24, 2.45) is 0 Å². The summed E-state index contributed by atoms with van der Waals surface area (Å²) in [6.07, 6.45) is 0. The molecule has 1 atom stereocenters. The van der Waals surface area contributed by atoms with Gasteiger partial charge in [0.15, 0.2) is 0 Å². The van der Waals surface area contributed by atoms with Crippen LogP contribution in [0, 0.1) is 6.92 Å². The standard InChI is InChI=1S/C28H29N3O2S/c1-19-8-7-9-21(16-19)31-15-14-30(18-20(31)2)28(32)26-27(34-23-10-5-4-6-11-23)24-13-12-22(33-3)17-25(24)29-26/h4-13,16-17,20,29H,14-15,18H2,1-3H3/t20-/m1/s1. The minimum atomic E-state index is 0.0457. The highest BCUT2D eigenvalue weighted by molar-refractivity contribution is 7.99. The van der Waals surface area contributed by atoms with Gasteiger partial charge in [-0.3, -0.25) is 4.79 Å². The summed E-state index contributed by atoms with van der Waals surface area (Å²) < 4.78 is 5.42. The van der Waals surface area contributed by atoms with E-state index in [1.807, 2.05) is 41.3 Å². The van der Waals surface area contributed by atoms with Crippen molar-refractivity contribution in [2.75, 3.05) is 31.6 Å². The molecule has 1 amide bonds. The number of aryl methyl sites for hydroxylation is 1. The van der Waals surface area contributed by atoms with Gasteiger partial charge in [-0.15, -0.1) is 0 Å². The van der Waals surface area contributed by atoms with E-state index in [1.165, 1.54) is 11.3 Å². The maximum atomic E-state index is 13.8. The highest BCUT2D eigenvalue weighted by atomic mass is 32.2. The quantitative estimate of drug-likeness (QED) is 0.389. The summed E-state index contributed by atoms with van der Waals surface area (Å²) in [7, 11) is 1.66. The lowest BCUT2D eigenvalue weighted by Gasteiger charge is -2.41. The van der Waals surface area contributed by atoms with Crippen LogP contribution in [0.2, 0.25) is 0 Å². The number of ether oxygens (including phenoxy) is 1. The molecule has 0 bridgehead atoms. The van der Waals surface area contributed by atoms with E-state index in [-0.39, 0.29) is 11.9 Å². The predicted molar refractivity (Wildman–Crippen MR) is 139 cm³/mol. The lowest BCUT2D eigenvalue weighted by Crippen LogP contribution is -2.54. The Morgan fingerprint density at radius 3 is 2.59 bits per heavy atom. The minimum Gasteiger partial charge on any atom is -0.497 e. The number of hydrogen-bond acceptors (Lipinski definition) is 4. The van der Waals surface area contributed by atoms with Gasteiger partial charge < -0.3 is 19.5 Å². The number of fused-ring (bicyclic) bond motifs is 1. The third-order valence-electron chi connectivity index (χ3n) is 6.38. The van der Waals surface area contributed by atoms with Crippen LogP contribution in [-0.4, -0.2) is 48.6 Å². The average Bonchev–Trinajstić information content (AvgIpc) is 3.21. The molecular weight excluding hydrogens is 442 g/mol. The van der Waals surface area contributed by atoms with Crippen molar-refractivity contribution in [1.29, 1.82) is 0 Å². The first-order valence-electron chi connectivity index (χ1n) is 11.6. The molecule has 1 aliphatic heterocycles. The normalized spacial score (nSPS) is 16.1. The summed E-state index contributed by atoms with van der Waals surface area (Å²) in [5, 5.41) is 1.03. The zero-order valence-corrected chi connectivity index (χ0v) is 20.6. The zero-order valence-electron chi connectivity index (χ0n) is 19.7. The Morgan fingerprint density at radius 1 is 1.03 bits per heavy atom. The van der Waals surface area contributed by atoms with Crippen LogP contribution in [0.15, 0.2) is 82.6 Å². The van der Waals surface area contributed by atoms with Crippen molar-refractivity contribution in [1.82, 2.24) is 9.88 Å². The maximum Gasteiger partial charge on any atom is 0.271 e. The predicted octanol–water partition coefficient (Wildman–Crippen LogP) is 5.99. The third-order valence-corrected chi connectivity index (χ3v) is 7.52. The Bertz CT molecular complexity index is 1320. The molecule has 1 saturated heterocycles. The van der Waals surface area contributed by atoms with Crippen LogP contribution in [-0.2, 0) is 0 Å². The fourth-order valence-corrected chi connectivity index (χ4v) is 5.69. The summed E-state index contributed by atoms with van der Waals surface area (Å²) in [5.74, 6) is 0.814. The maximum absolute atomic E-state index is 13.8.